The fourth-order valence-corrected chi connectivity index (χ4v) is 11.4. The summed E-state index contributed by atoms with van der Waals surface area (Å²) in [7, 11) is -1.47. The first kappa shape index (κ1) is 59.1. The highest BCUT2D eigenvalue weighted by molar-refractivity contribution is 6.42. The number of halogens is 2. The molecule has 1 radical (unpaired) electrons. The van der Waals surface area contributed by atoms with Gasteiger partial charge in [0.25, 0.3) is 11.1 Å². The number of ether oxygens (including phenoxy) is 7. The molecule has 0 saturated heterocycles. The predicted octanol–water partition coefficient (Wildman–Crippen LogP) is 11.8. The van der Waals surface area contributed by atoms with E-state index in [4.69, 9.17) is 42.6 Å². The molecule has 0 bridgehead atoms. The van der Waals surface area contributed by atoms with E-state index in [0.29, 0.717) is 117 Å². The van der Waals surface area contributed by atoms with Gasteiger partial charge in [-0.15, -0.1) is 0 Å². The van der Waals surface area contributed by atoms with Crippen LogP contribution in [0.4, 0.5) is 8.63 Å². The zero-order chi connectivity index (χ0) is 60.4. The third kappa shape index (κ3) is 11.4. The number of nitrogens with zero attached hydrogens (tertiary/aromatic N) is 3. The van der Waals surface area contributed by atoms with Gasteiger partial charge in [-0.2, -0.15) is 0 Å². The number of aliphatic imine (C=N–C) groups is 1. The lowest BCUT2D eigenvalue weighted by Gasteiger charge is -2.25. The van der Waals surface area contributed by atoms with Crippen molar-refractivity contribution in [2.75, 3.05) is 60.0 Å². The van der Waals surface area contributed by atoms with E-state index in [1.807, 2.05) is 48.5 Å². The van der Waals surface area contributed by atoms with Gasteiger partial charge in [0.1, 0.15) is 29.3 Å². The van der Waals surface area contributed by atoms with Gasteiger partial charge >= 0.3 is 25.3 Å². The van der Waals surface area contributed by atoms with Crippen LogP contribution in [0.25, 0.3) is 65.9 Å². The highest BCUT2D eigenvalue weighted by Crippen LogP contribution is 2.44. The lowest BCUT2D eigenvalue weighted by atomic mass is 9.87. The van der Waals surface area contributed by atoms with Gasteiger partial charge in [-0.25, -0.2) is 14.2 Å². The summed E-state index contributed by atoms with van der Waals surface area (Å²) in [6.07, 6.45) is -0.191. The second-order valence-electron chi connectivity index (χ2n) is 20.6. The third-order valence-corrected chi connectivity index (χ3v) is 15.2. The molecule has 85 heavy (non-hydrogen) atoms. The van der Waals surface area contributed by atoms with E-state index in [0.717, 1.165) is 30.9 Å². The van der Waals surface area contributed by atoms with Gasteiger partial charge in [0.05, 0.1) is 80.9 Å². The van der Waals surface area contributed by atoms with Crippen LogP contribution in [0.1, 0.15) is 77.3 Å². The number of allylic oxidation sites excluding steroid dienone is 1. The van der Waals surface area contributed by atoms with Crippen LogP contribution in [-0.4, -0.2) is 100 Å². The van der Waals surface area contributed by atoms with Crippen molar-refractivity contribution in [1.82, 2.24) is 9.05 Å². The second kappa shape index (κ2) is 25.0. The molecule has 1 aliphatic rings. The fraction of sp³-hybridized carbons (Fsp3) is 0.273. The zero-order valence-corrected chi connectivity index (χ0v) is 48.7. The summed E-state index contributed by atoms with van der Waals surface area (Å²) in [5.41, 5.74) is 5.88. The number of aromatic nitrogens is 2. The molecule has 10 rings (SSSR count). The first-order chi connectivity index (χ1) is 40.9. The predicted molar refractivity (Wildman–Crippen MR) is 323 cm³/mol. The summed E-state index contributed by atoms with van der Waals surface area (Å²) in [4.78, 5) is 74.0. The van der Waals surface area contributed by atoms with Crippen LogP contribution in [0.5, 0.6) is 11.5 Å². The quantitative estimate of drug-likeness (QED) is 0.0156. The van der Waals surface area contributed by atoms with Crippen LogP contribution < -0.4 is 20.6 Å². The molecule has 3 aromatic heterocycles. The number of rotatable bonds is 22. The molecule has 0 aliphatic carbocycles. The fourth-order valence-electron chi connectivity index (χ4n) is 11.4. The Bertz CT molecular complexity index is 4270. The smallest absolute Gasteiger partial charge is 0.341 e. The average Bonchev–Trinajstić information content (AvgIpc) is 1.23. The van der Waals surface area contributed by atoms with E-state index < -0.39 is 36.4 Å². The van der Waals surface area contributed by atoms with Crippen molar-refractivity contribution in [2.45, 2.75) is 61.8 Å². The molecule has 16 nitrogen and oxygen atoms in total. The Labute approximate surface area is 488 Å². The number of pyridine rings is 1. The lowest BCUT2D eigenvalue weighted by molar-refractivity contribution is -0.138. The number of aryl methyl sites for hydroxylation is 2. The average molecular weight is 1150 g/mol. The van der Waals surface area contributed by atoms with Crippen molar-refractivity contribution >= 4 is 80.1 Å². The summed E-state index contributed by atoms with van der Waals surface area (Å²) in [5.74, 6) is -1.14. The van der Waals surface area contributed by atoms with Gasteiger partial charge in [0.2, 0.25) is 0 Å². The van der Waals surface area contributed by atoms with E-state index >= 15 is 8.63 Å². The topological polar surface area (TPSA) is 185 Å². The van der Waals surface area contributed by atoms with Gasteiger partial charge in [-0.3, -0.25) is 19.4 Å². The molecule has 4 heterocycles. The van der Waals surface area contributed by atoms with E-state index in [2.05, 4.69) is 0 Å². The molecule has 0 saturated carbocycles. The summed E-state index contributed by atoms with van der Waals surface area (Å²) < 4.78 is 77.5. The number of hydrogen-bond donors (Lipinski definition) is 0. The van der Waals surface area contributed by atoms with Crippen LogP contribution >= 0.6 is 0 Å². The molecule has 19 heteroatoms. The largest absolute Gasteiger partial charge is 0.491 e. The third-order valence-electron chi connectivity index (χ3n) is 15.2. The first-order valence-corrected chi connectivity index (χ1v) is 27.9. The van der Waals surface area contributed by atoms with Crippen molar-refractivity contribution in [3.05, 3.63) is 185 Å². The SMILES string of the molecule is CCOC(=O)C1=C(C)/C(=C(\c2c(C)cc(OC(=O)Cc3ccc(-n4c(=O)c5ccc6oc7ccc(-c8ccc(OCCOCCOCCOC)cc8)cc7c7ccc(c4=O)c5c67)cc3)cc2C)c2c(C)c(C(=O)OCC)c(C)n2[B-](F)F)N=C1C. The van der Waals surface area contributed by atoms with Crippen molar-refractivity contribution in [3.8, 4) is 28.3 Å². The Morgan fingerprint density at radius 2 is 1.22 bits per heavy atom. The van der Waals surface area contributed by atoms with Crippen molar-refractivity contribution in [2.24, 2.45) is 4.99 Å². The number of methoxy groups -OCH3 is 1. The van der Waals surface area contributed by atoms with E-state index in [1.54, 1.807) is 110 Å². The molecule has 0 unspecified atom stereocenters. The minimum absolute atomic E-state index is 0.000144. The molecule has 1 aliphatic heterocycles. The molecule has 6 aromatic carbocycles. The van der Waals surface area contributed by atoms with Crippen LogP contribution in [0.2, 0.25) is 0 Å². The number of benzene rings is 6. The van der Waals surface area contributed by atoms with Gasteiger partial charge in [0.15, 0.2) is 0 Å². The number of esters is 3. The summed E-state index contributed by atoms with van der Waals surface area (Å²) >= 11 is 0. The summed E-state index contributed by atoms with van der Waals surface area (Å²) in [6, 6.07) is 30.5. The van der Waals surface area contributed by atoms with Gasteiger partial charge in [-0.05, 0) is 178 Å². The number of fused-ring (bicyclic) bond motifs is 2. The Hall–Kier alpha value is -9.04. The standard InChI is InChI=1S/C66H62BF2N3O13/c1-10-81-65(76)56-38(5)61(70-40(56)7)60(62-39(6)57(66(77)82-11-2)41(8)72(62)67(68)69)55-36(3)32-47(33-37(55)4)84-54(73)34-42-12-17-45(18-13-42)71-63(74)49-22-21-48-51-35-44(16-24-52(51)85-53-25-23-50(64(71)75)58(49)59(48)53)43-14-19-46(20-15-43)83-31-30-80-29-28-79-27-26-78-9/h12-25,32-33,35H,10-11,26-31,34H2,1-9H3/q-1/b61-60-. The maximum absolute atomic E-state index is 15.4. The van der Waals surface area contributed by atoms with Gasteiger partial charge < -0.3 is 50.7 Å². The highest BCUT2D eigenvalue weighted by Gasteiger charge is 2.34. The Kier molecular flexibility index (Phi) is 17.4. The van der Waals surface area contributed by atoms with Gasteiger partial charge in [-0.1, -0.05) is 36.4 Å². The van der Waals surface area contributed by atoms with Crippen LogP contribution in [-0.2, 0) is 39.7 Å². The summed E-state index contributed by atoms with van der Waals surface area (Å²) in [5, 5.41) is 3.45. The van der Waals surface area contributed by atoms with Gasteiger partial charge in [0, 0.05) is 45.3 Å². The summed E-state index contributed by atoms with van der Waals surface area (Å²) in [6.45, 7) is 16.0. The normalized spacial score (nSPS) is 13.2. The van der Waals surface area contributed by atoms with Crippen molar-refractivity contribution in [1.29, 1.82) is 0 Å². The monoisotopic (exact) mass is 1150 g/mol. The van der Waals surface area contributed by atoms with E-state index in [9.17, 15) is 24.0 Å². The molecular weight excluding hydrogens is 1090 g/mol. The number of hydrogen-bond acceptors (Lipinski definition) is 14. The molecule has 0 atom stereocenters. The molecule has 0 amide bonds. The minimum Gasteiger partial charge on any atom is -0.491 e. The number of carbonyl (C=O) groups excluding carboxylic acids is 3. The molecule has 0 spiro atoms. The minimum atomic E-state index is -3.10. The zero-order valence-electron chi connectivity index (χ0n) is 48.7. The van der Waals surface area contributed by atoms with Crippen LogP contribution in [0, 0.1) is 27.7 Å². The second-order valence-corrected chi connectivity index (χ2v) is 20.6. The van der Waals surface area contributed by atoms with Crippen molar-refractivity contribution < 1.29 is 60.6 Å². The molecular formula is C66H62BF2N3O13-. The number of carbonyl (C=O) groups is 3. The lowest BCUT2D eigenvalue weighted by Crippen LogP contribution is -2.31. The maximum atomic E-state index is 15.4. The maximum Gasteiger partial charge on any atom is 0.341 e. The Balaban J connectivity index is 0.897. The van der Waals surface area contributed by atoms with E-state index in [-0.39, 0.29) is 64.7 Å². The highest BCUT2D eigenvalue weighted by atomic mass is 19.2. The molecule has 0 fully saturated rings. The van der Waals surface area contributed by atoms with Crippen molar-refractivity contribution in [3.63, 3.8) is 0 Å². The molecule has 437 valence electrons. The Morgan fingerprint density at radius 3 is 1.87 bits per heavy atom. The Morgan fingerprint density at radius 1 is 0.624 bits per heavy atom. The first-order valence-electron chi connectivity index (χ1n) is 27.9. The van der Waals surface area contributed by atoms with E-state index in [1.165, 1.54) is 6.92 Å². The molecule has 0 N–H and O–H groups in total. The molecule has 9 aromatic rings. The van der Waals surface area contributed by atoms with Crippen LogP contribution in [0.3, 0.4) is 0 Å². The van der Waals surface area contributed by atoms with Crippen LogP contribution in [0.15, 0.2) is 139 Å².